The summed E-state index contributed by atoms with van der Waals surface area (Å²) in [6, 6.07) is 5.19. The van der Waals surface area contributed by atoms with Gasteiger partial charge in [-0.1, -0.05) is 29.6 Å². The van der Waals surface area contributed by atoms with Gasteiger partial charge in [0.15, 0.2) is 0 Å². The molecule has 3 atom stereocenters. The Balaban J connectivity index is 1.57. The quantitative estimate of drug-likeness (QED) is 0.856. The SMILES string of the molecule is O=C(C[C@@H]1C[C@H]2CC[C@@H]1C2)Nc1ccc(Cl)c(Cl)c1. The molecule has 19 heavy (non-hydrogen) atoms. The molecule has 3 rings (SSSR count). The smallest absolute Gasteiger partial charge is 0.224 e. The Morgan fingerprint density at radius 2 is 2.05 bits per heavy atom. The van der Waals surface area contributed by atoms with Gasteiger partial charge in [0.05, 0.1) is 10.0 Å². The second-order valence-corrected chi connectivity index (χ2v) is 6.63. The van der Waals surface area contributed by atoms with Crippen LogP contribution in [0, 0.1) is 17.8 Å². The maximum Gasteiger partial charge on any atom is 0.224 e. The third kappa shape index (κ3) is 2.90. The summed E-state index contributed by atoms with van der Waals surface area (Å²) in [5.74, 6) is 2.34. The van der Waals surface area contributed by atoms with Crippen LogP contribution >= 0.6 is 23.2 Å². The molecular formula is C15H17Cl2NO. The van der Waals surface area contributed by atoms with Crippen LogP contribution < -0.4 is 5.32 Å². The Labute approximate surface area is 123 Å². The van der Waals surface area contributed by atoms with Crippen molar-refractivity contribution in [3.05, 3.63) is 28.2 Å². The highest BCUT2D eigenvalue weighted by molar-refractivity contribution is 6.42. The Bertz CT molecular complexity index is 503. The average Bonchev–Trinajstić information content (AvgIpc) is 2.96. The maximum atomic E-state index is 12.1. The minimum Gasteiger partial charge on any atom is -0.326 e. The molecule has 0 unspecified atom stereocenters. The predicted octanol–water partition coefficient (Wildman–Crippen LogP) is 4.76. The van der Waals surface area contributed by atoms with E-state index in [2.05, 4.69) is 5.32 Å². The van der Waals surface area contributed by atoms with Crippen LogP contribution in [0.4, 0.5) is 5.69 Å². The zero-order chi connectivity index (χ0) is 13.4. The number of nitrogens with one attached hydrogen (secondary N) is 1. The molecule has 2 nitrogen and oxygen atoms in total. The summed E-state index contributed by atoms with van der Waals surface area (Å²) < 4.78 is 0. The molecule has 2 saturated carbocycles. The minimum absolute atomic E-state index is 0.0935. The maximum absolute atomic E-state index is 12.1. The second-order valence-electron chi connectivity index (χ2n) is 5.82. The van der Waals surface area contributed by atoms with Gasteiger partial charge in [-0.2, -0.15) is 0 Å². The molecule has 0 saturated heterocycles. The van der Waals surface area contributed by atoms with Gasteiger partial charge < -0.3 is 5.32 Å². The lowest BCUT2D eigenvalue weighted by molar-refractivity contribution is -0.117. The van der Waals surface area contributed by atoms with Gasteiger partial charge in [-0.15, -0.1) is 0 Å². The summed E-state index contributed by atoms with van der Waals surface area (Å²) in [5.41, 5.74) is 0.725. The molecule has 2 fully saturated rings. The van der Waals surface area contributed by atoms with E-state index in [1.165, 1.54) is 25.7 Å². The number of carbonyl (C=O) groups is 1. The number of carbonyl (C=O) groups excluding carboxylic acids is 1. The molecule has 2 bridgehead atoms. The normalized spacial score (nSPS) is 28.6. The molecule has 0 radical (unpaired) electrons. The van der Waals surface area contributed by atoms with Crippen LogP contribution in [0.15, 0.2) is 18.2 Å². The van der Waals surface area contributed by atoms with Crippen LogP contribution in [0.5, 0.6) is 0 Å². The first-order valence-corrected chi connectivity index (χ1v) is 7.62. The molecule has 2 aliphatic rings. The van der Waals surface area contributed by atoms with Crippen LogP contribution in [0.1, 0.15) is 32.1 Å². The lowest BCUT2D eigenvalue weighted by atomic mass is 9.86. The van der Waals surface area contributed by atoms with Gasteiger partial charge in [0.2, 0.25) is 5.91 Å². The summed E-state index contributed by atoms with van der Waals surface area (Å²) in [7, 11) is 0. The monoisotopic (exact) mass is 297 g/mol. The van der Waals surface area contributed by atoms with Gasteiger partial charge >= 0.3 is 0 Å². The lowest BCUT2D eigenvalue weighted by Gasteiger charge is -2.20. The number of anilines is 1. The fraction of sp³-hybridized carbons (Fsp3) is 0.533. The van der Waals surface area contributed by atoms with Crippen molar-refractivity contribution in [1.82, 2.24) is 0 Å². The highest BCUT2D eigenvalue weighted by Crippen LogP contribution is 2.49. The third-order valence-corrected chi connectivity index (χ3v) is 5.27. The fourth-order valence-corrected chi connectivity index (χ4v) is 3.95. The molecule has 1 amide bonds. The Hall–Kier alpha value is -0.730. The van der Waals surface area contributed by atoms with Crippen molar-refractivity contribution in [2.24, 2.45) is 17.8 Å². The van der Waals surface area contributed by atoms with Crippen molar-refractivity contribution >= 4 is 34.8 Å². The van der Waals surface area contributed by atoms with Crippen LogP contribution in [0.25, 0.3) is 0 Å². The van der Waals surface area contributed by atoms with E-state index in [1.807, 2.05) is 0 Å². The van der Waals surface area contributed by atoms with Gasteiger partial charge in [-0.25, -0.2) is 0 Å². The van der Waals surface area contributed by atoms with E-state index in [4.69, 9.17) is 23.2 Å². The van der Waals surface area contributed by atoms with Gasteiger partial charge in [0, 0.05) is 12.1 Å². The number of hydrogen-bond donors (Lipinski definition) is 1. The Morgan fingerprint density at radius 1 is 1.21 bits per heavy atom. The molecule has 1 aromatic carbocycles. The molecule has 4 heteroatoms. The molecule has 0 aromatic heterocycles. The highest BCUT2D eigenvalue weighted by Gasteiger charge is 2.40. The van der Waals surface area contributed by atoms with Gasteiger partial charge in [-0.3, -0.25) is 4.79 Å². The van der Waals surface area contributed by atoms with Gasteiger partial charge in [-0.05, 0) is 55.2 Å². The molecule has 1 aromatic rings. The van der Waals surface area contributed by atoms with E-state index in [9.17, 15) is 4.79 Å². The summed E-state index contributed by atoms with van der Waals surface area (Å²) in [4.78, 5) is 12.1. The minimum atomic E-state index is 0.0935. The lowest BCUT2D eigenvalue weighted by Crippen LogP contribution is -2.20. The number of halogens is 2. The van der Waals surface area contributed by atoms with E-state index in [1.54, 1.807) is 18.2 Å². The van der Waals surface area contributed by atoms with E-state index < -0.39 is 0 Å². The zero-order valence-corrected chi connectivity index (χ0v) is 12.2. The summed E-state index contributed by atoms with van der Waals surface area (Å²) in [6.07, 6.45) is 5.90. The average molecular weight is 298 g/mol. The third-order valence-electron chi connectivity index (χ3n) is 4.54. The van der Waals surface area contributed by atoms with Gasteiger partial charge in [0.25, 0.3) is 0 Å². The summed E-state index contributed by atoms with van der Waals surface area (Å²) >= 11 is 11.8. The van der Waals surface area contributed by atoms with E-state index in [0.717, 1.165) is 17.5 Å². The summed E-state index contributed by atoms with van der Waals surface area (Å²) in [6.45, 7) is 0. The van der Waals surface area contributed by atoms with Crippen molar-refractivity contribution in [3.8, 4) is 0 Å². The fourth-order valence-electron chi connectivity index (χ4n) is 3.65. The molecular weight excluding hydrogens is 281 g/mol. The highest BCUT2D eigenvalue weighted by atomic mass is 35.5. The van der Waals surface area contributed by atoms with Crippen molar-refractivity contribution in [3.63, 3.8) is 0 Å². The van der Waals surface area contributed by atoms with Crippen molar-refractivity contribution in [2.45, 2.75) is 32.1 Å². The van der Waals surface area contributed by atoms with E-state index in [-0.39, 0.29) is 5.91 Å². The molecule has 0 aliphatic heterocycles. The number of benzene rings is 1. The molecule has 0 spiro atoms. The van der Waals surface area contributed by atoms with Crippen LogP contribution in [-0.2, 0) is 4.79 Å². The van der Waals surface area contributed by atoms with Crippen molar-refractivity contribution < 1.29 is 4.79 Å². The first-order valence-electron chi connectivity index (χ1n) is 6.86. The second kappa shape index (κ2) is 5.34. The Kier molecular flexibility index (Phi) is 3.72. The molecule has 2 aliphatic carbocycles. The standard InChI is InChI=1S/C15H17Cl2NO/c16-13-4-3-12(8-14(13)17)18-15(19)7-11-6-9-1-2-10(11)5-9/h3-4,8-11H,1-2,5-7H2,(H,18,19)/t9-,10+,11-/m0/s1. The Morgan fingerprint density at radius 3 is 2.68 bits per heavy atom. The number of hydrogen-bond acceptors (Lipinski definition) is 1. The van der Waals surface area contributed by atoms with Crippen molar-refractivity contribution in [1.29, 1.82) is 0 Å². The summed E-state index contributed by atoms with van der Waals surface area (Å²) in [5, 5.41) is 3.89. The molecule has 1 N–H and O–H groups in total. The first kappa shape index (κ1) is 13.3. The topological polar surface area (TPSA) is 29.1 Å². The van der Waals surface area contributed by atoms with E-state index >= 15 is 0 Å². The number of rotatable bonds is 3. The predicted molar refractivity (Wildman–Crippen MR) is 78.6 cm³/mol. The largest absolute Gasteiger partial charge is 0.326 e. The van der Waals surface area contributed by atoms with Crippen LogP contribution in [-0.4, -0.2) is 5.91 Å². The molecule has 102 valence electrons. The van der Waals surface area contributed by atoms with Crippen molar-refractivity contribution in [2.75, 3.05) is 5.32 Å². The zero-order valence-electron chi connectivity index (χ0n) is 10.7. The van der Waals surface area contributed by atoms with Crippen LogP contribution in [0.3, 0.4) is 0 Å². The number of fused-ring (bicyclic) bond motifs is 2. The number of amides is 1. The first-order chi connectivity index (χ1) is 9.11. The molecule has 0 heterocycles. The van der Waals surface area contributed by atoms with Crippen LogP contribution in [0.2, 0.25) is 10.0 Å². The van der Waals surface area contributed by atoms with Gasteiger partial charge in [0.1, 0.15) is 0 Å². The van der Waals surface area contributed by atoms with E-state index in [0.29, 0.717) is 22.4 Å².